The van der Waals surface area contributed by atoms with Crippen molar-refractivity contribution in [3.8, 4) is 0 Å². The second kappa shape index (κ2) is 13.5. The second-order valence-electron chi connectivity index (χ2n) is 5.29. The Bertz CT molecular complexity index is 290. The zero-order valence-electron chi connectivity index (χ0n) is 14.5. The fourth-order valence-electron chi connectivity index (χ4n) is 1.26. The number of hydrogen-bond acceptors (Lipinski definition) is 2. The van der Waals surface area contributed by atoms with Crippen molar-refractivity contribution in [3.63, 3.8) is 0 Å². The molecule has 0 aliphatic heterocycles. The van der Waals surface area contributed by atoms with Gasteiger partial charge < -0.3 is 0 Å². The first-order valence-corrected chi connectivity index (χ1v) is 18.8. The summed E-state index contributed by atoms with van der Waals surface area (Å²) in [7, 11) is 0. The van der Waals surface area contributed by atoms with Crippen LogP contribution in [0.4, 0.5) is 0 Å². The number of halogens is 2. The van der Waals surface area contributed by atoms with E-state index in [0.29, 0.717) is 0 Å². The monoisotopic (exact) mass is 538 g/mol. The van der Waals surface area contributed by atoms with Gasteiger partial charge in [0.2, 0.25) is 0 Å². The summed E-state index contributed by atoms with van der Waals surface area (Å²) in [5.74, 6) is 0. The fourth-order valence-corrected chi connectivity index (χ4v) is 27.9. The Morgan fingerprint density at radius 1 is 0.810 bits per heavy atom. The van der Waals surface area contributed by atoms with Crippen LogP contribution in [0, 0.1) is 0 Å². The maximum absolute atomic E-state index is 6.44. The molecule has 2 nitrogen and oxygen atoms in total. The number of alkyl halides is 2. The molecule has 0 aliphatic rings. The molecule has 0 spiro atoms. The van der Waals surface area contributed by atoms with Gasteiger partial charge in [0.15, 0.2) is 0 Å². The molecular formula is C16H32I2O2Si-2. The van der Waals surface area contributed by atoms with Gasteiger partial charge in [0.25, 0.3) is 0 Å². The van der Waals surface area contributed by atoms with Crippen molar-refractivity contribution >= 4 is 3.55 Å². The molecule has 0 bridgehead atoms. The Labute approximate surface area is 152 Å². The molecule has 0 aliphatic carbocycles. The van der Waals surface area contributed by atoms with Crippen LogP contribution in [0.25, 0.3) is 0 Å². The molecule has 0 aromatic carbocycles. The molecule has 5 heteroatoms. The molecule has 0 aromatic rings. The van der Waals surface area contributed by atoms with Crippen molar-refractivity contribution in [1.82, 2.24) is 0 Å². The van der Waals surface area contributed by atoms with E-state index >= 15 is 0 Å². The minimum atomic E-state index is -1.84. The van der Waals surface area contributed by atoms with E-state index in [-0.39, 0.29) is 40.8 Å². The molecule has 0 unspecified atom stereocenters. The van der Waals surface area contributed by atoms with Crippen LogP contribution < -0.4 is 40.8 Å². The summed E-state index contributed by atoms with van der Waals surface area (Å²) >= 11 is 0.159. The molecule has 0 atom stereocenters. The van der Waals surface area contributed by atoms with E-state index in [1.54, 1.807) is 0 Å². The van der Waals surface area contributed by atoms with E-state index in [0.717, 1.165) is 13.2 Å². The van der Waals surface area contributed by atoms with Gasteiger partial charge in [-0.05, 0) is 0 Å². The van der Waals surface area contributed by atoms with E-state index in [1.165, 1.54) is 32.8 Å². The fraction of sp³-hybridized carbons (Fsp3) is 0.750. The molecule has 21 heavy (non-hydrogen) atoms. The Morgan fingerprint density at radius 2 is 1.19 bits per heavy atom. The Hall–Kier alpha value is 1.08. The third-order valence-corrected chi connectivity index (χ3v) is 30.6. The van der Waals surface area contributed by atoms with Gasteiger partial charge in [-0.2, -0.15) is 0 Å². The maximum atomic E-state index is 6.44. The van der Waals surface area contributed by atoms with Crippen LogP contribution in [-0.2, 0) is 8.85 Å². The molecule has 0 amide bonds. The Balaban J connectivity index is 4.81. The molecule has 0 rings (SSSR count). The van der Waals surface area contributed by atoms with Crippen molar-refractivity contribution in [2.75, 3.05) is 22.1 Å². The van der Waals surface area contributed by atoms with Crippen molar-refractivity contribution in [1.29, 1.82) is 0 Å². The summed E-state index contributed by atoms with van der Waals surface area (Å²) in [4.78, 5) is 0. The Kier molecular flexibility index (Phi) is 14.2. The molecule has 0 saturated carbocycles. The molecule has 0 fully saturated rings. The summed E-state index contributed by atoms with van der Waals surface area (Å²) in [6.07, 6.45) is 6.96. The summed E-state index contributed by atoms with van der Waals surface area (Å²) in [5.41, 5.74) is 2.68. The minimum absolute atomic E-state index is 0.0797. The molecule has 0 radical (unpaired) electrons. The van der Waals surface area contributed by atoms with Crippen LogP contribution in [0.3, 0.4) is 0 Å². The topological polar surface area (TPSA) is 18.5 Å². The average Bonchev–Trinajstić information content (AvgIpc) is 2.41. The molecule has 0 aromatic heterocycles. The quantitative estimate of drug-likeness (QED) is 0.0980. The first kappa shape index (κ1) is 22.1. The van der Waals surface area contributed by atoms with Gasteiger partial charge in [-0.15, -0.1) is 0 Å². The van der Waals surface area contributed by atoms with Crippen LogP contribution in [0.15, 0.2) is 23.3 Å². The third-order valence-electron chi connectivity index (χ3n) is 2.37. The number of hydrogen-bond donors (Lipinski definition) is 0. The molecule has 0 heterocycles. The molecule has 0 saturated heterocycles. The van der Waals surface area contributed by atoms with E-state index in [2.05, 4.69) is 53.7 Å². The van der Waals surface area contributed by atoms with E-state index < -0.39 is 3.55 Å². The van der Waals surface area contributed by atoms with Gasteiger partial charge >= 0.3 is 153 Å². The van der Waals surface area contributed by atoms with Gasteiger partial charge in [-0.3, -0.25) is 0 Å². The first-order valence-electron chi connectivity index (χ1n) is 7.71. The van der Waals surface area contributed by atoms with E-state index in [1.807, 2.05) is 0 Å². The van der Waals surface area contributed by atoms with E-state index in [4.69, 9.17) is 8.85 Å². The van der Waals surface area contributed by atoms with Crippen LogP contribution in [0.2, 0.25) is 0 Å². The van der Waals surface area contributed by atoms with Crippen LogP contribution in [-0.4, -0.2) is 25.6 Å². The second-order valence-corrected chi connectivity index (χ2v) is 28.8. The predicted octanol–water partition coefficient (Wildman–Crippen LogP) is -1.61. The zero-order chi connectivity index (χ0) is 16.1. The SMILES string of the molecule is CCC[I-][Si](OCC=C(C)C)(OCC=C(C)C)[I-]CCC. The zero-order valence-corrected chi connectivity index (χ0v) is 19.8. The normalized spacial score (nSPS) is 11.7. The standard InChI is InChI=1S/C16H32I2O2Si/c1-7-11-17-21(18-12-8-2,19-13-9-15(3)4)20-14-10-16(5)6/h9-10H,7-8,11-14H2,1-6H3/q-2. The van der Waals surface area contributed by atoms with Crippen molar-refractivity contribution in [2.45, 2.75) is 54.4 Å². The van der Waals surface area contributed by atoms with Crippen molar-refractivity contribution < 1.29 is 49.7 Å². The van der Waals surface area contributed by atoms with Gasteiger partial charge in [-0.1, -0.05) is 0 Å². The number of rotatable bonds is 12. The molecular weight excluding hydrogens is 506 g/mol. The Morgan fingerprint density at radius 3 is 1.48 bits per heavy atom. The van der Waals surface area contributed by atoms with Gasteiger partial charge in [0.1, 0.15) is 0 Å². The van der Waals surface area contributed by atoms with Gasteiger partial charge in [-0.25, -0.2) is 0 Å². The van der Waals surface area contributed by atoms with Crippen LogP contribution in [0.1, 0.15) is 54.4 Å². The summed E-state index contributed by atoms with van der Waals surface area (Å²) in [6.45, 7) is 14.6. The van der Waals surface area contributed by atoms with Crippen LogP contribution in [0.5, 0.6) is 0 Å². The molecule has 128 valence electrons. The predicted molar refractivity (Wildman–Crippen MR) is 86.8 cm³/mol. The first-order chi connectivity index (χ1) is 9.95. The third kappa shape index (κ3) is 12.2. The van der Waals surface area contributed by atoms with Gasteiger partial charge in [0.05, 0.1) is 0 Å². The van der Waals surface area contributed by atoms with Crippen molar-refractivity contribution in [2.24, 2.45) is 0 Å². The van der Waals surface area contributed by atoms with E-state index in [9.17, 15) is 0 Å². The van der Waals surface area contributed by atoms with Gasteiger partial charge in [0, 0.05) is 0 Å². The average molecular weight is 538 g/mol. The van der Waals surface area contributed by atoms with Crippen LogP contribution >= 0.6 is 0 Å². The summed E-state index contributed by atoms with van der Waals surface area (Å²) < 4.78 is 13.7. The summed E-state index contributed by atoms with van der Waals surface area (Å²) in [5, 5.41) is 0. The summed E-state index contributed by atoms with van der Waals surface area (Å²) in [6, 6.07) is 0. The number of allylic oxidation sites excluding steroid dienone is 2. The molecule has 0 N–H and O–H groups in total. The van der Waals surface area contributed by atoms with Crippen molar-refractivity contribution in [3.05, 3.63) is 23.3 Å².